The maximum absolute atomic E-state index is 12.8. The second kappa shape index (κ2) is 7.04. The minimum Gasteiger partial charge on any atom is -0.383 e. The second-order valence-electron chi connectivity index (χ2n) is 6.58. The van der Waals surface area contributed by atoms with Gasteiger partial charge in [0, 0.05) is 24.6 Å². The van der Waals surface area contributed by atoms with E-state index in [4.69, 9.17) is 5.73 Å². The molecule has 3 N–H and O–H groups in total. The van der Waals surface area contributed by atoms with Gasteiger partial charge in [-0.3, -0.25) is 15.0 Å². The molecule has 1 aliphatic heterocycles. The summed E-state index contributed by atoms with van der Waals surface area (Å²) in [6.07, 6.45) is 2.68. The zero-order valence-electron chi connectivity index (χ0n) is 15.0. The number of nitrogens with one attached hydrogen (secondary N) is 1. The van der Waals surface area contributed by atoms with Crippen LogP contribution in [0.25, 0.3) is 0 Å². The van der Waals surface area contributed by atoms with Crippen LogP contribution in [0.4, 0.5) is 0 Å². The van der Waals surface area contributed by atoms with Crippen LogP contribution < -0.4 is 11.2 Å². The number of carbonyl (C=O) groups is 2. The number of aryl methyl sites for hydroxylation is 1. The first kappa shape index (κ1) is 17.7. The molecule has 3 rings (SSSR count). The van der Waals surface area contributed by atoms with Gasteiger partial charge < -0.3 is 5.73 Å². The summed E-state index contributed by atoms with van der Waals surface area (Å²) in [5.41, 5.74) is 12.5. The molecule has 1 heterocycles. The van der Waals surface area contributed by atoms with Crippen LogP contribution in [0.15, 0.2) is 46.9 Å². The Morgan fingerprint density at radius 2 is 2.04 bits per heavy atom. The van der Waals surface area contributed by atoms with Crippen LogP contribution in [0, 0.1) is 11.3 Å². The topological polar surface area (TPSA) is 99.2 Å². The zero-order chi connectivity index (χ0) is 18.8. The van der Waals surface area contributed by atoms with E-state index >= 15 is 0 Å². The van der Waals surface area contributed by atoms with Crippen molar-refractivity contribution >= 4 is 11.7 Å². The Hall–Kier alpha value is -3.07. The van der Waals surface area contributed by atoms with Gasteiger partial charge in [-0.05, 0) is 30.4 Å². The van der Waals surface area contributed by atoms with E-state index in [1.807, 2.05) is 24.3 Å². The van der Waals surface area contributed by atoms with Crippen LogP contribution in [0.3, 0.4) is 0 Å². The summed E-state index contributed by atoms with van der Waals surface area (Å²) in [5.74, 6) is -0.605. The predicted octanol–water partition coefficient (Wildman–Crippen LogP) is 2.40. The number of allylic oxidation sites excluding steroid dienone is 3. The van der Waals surface area contributed by atoms with Crippen LogP contribution in [-0.4, -0.2) is 16.7 Å². The molecule has 0 radical (unpaired) electrons. The summed E-state index contributed by atoms with van der Waals surface area (Å²) in [6, 6.07) is 10.1. The first-order valence-corrected chi connectivity index (χ1v) is 8.80. The molecule has 0 saturated carbocycles. The molecule has 6 nitrogen and oxygen atoms in total. The third-order valence-electron chi connectivity index (χ3n) is 4.90. The number of ketones is 1. The SMILES string of the molecule is CCc1ccc(C2C(C#N)=C(N)N(NC(C)=O)C3=C2C(=O)CCC3)cc1. The van der Waals surface area contributed by atoms with Crippen LogP contribution in [-0.2, 0) is 16.0 Å². The molecule has 1 amide bonds. The molecule has 26 heavy (non-hydrogen) atoms. The van der Waals surface area contributed by atoms with E-state index in [2.05, 4.69) is 18.4 Å². The van der Waals surface area contributed by atoms with Crippen molar-refractivity contribution in [1.82, 2.24) is 10.4 Å². The minimum absolute atomic E-state index is 0.00594. The molecule has 1 aromatic carbocycles. The largest absolute Gasteiger partial charge is 0.383 e. The third-order valence-corrected chi connectivity index (χ3v) is 4.90. The van der Waals surface area contributed by atoms with E-state index in [-0.39, 0.29) is 23.1 Å². The standard InChI is InChI=1S/C20H22N4O2/c1-3-13-7-9-14(10-8-13)18-15(11-21)20(22)24(23-12(2)25)16-5-4-6-17(26)19(16)18/h7-10,18H,3-6,22H2,1-2H3,(H,23,25). The number of Topliss-reactive ketones (excluding diaryl/α,β-unsaturated/α-hetero) is 1. The molecular weight excluding hydrogens is 328 g/mol. The Morgan fingerprint density at radius 1 is 1.35 bits per heavy atom. The number of rotatable bonds is 3. The van der Waals surface area contributed by atoms with Crippen molar-refractivity contribution in [2.75, 3.05) is 0 Å². The van der Waals surface area contributed by atoms with Crippen LogP contribution in [0.1, 0.15) is 50.2 Å². The van der Waals surface area contributed by atoms with Crippen molar-refractivity contribution in [3.8, 4) is 6.07 Å². The highest BCUT2D eigenvalue weighted by atomic mass is 16.2. The number of benzene rings is 1. The molecule has 1 unspecified atom stereocenters. The lowest BCUT2D eigenvalue weighted by Crippen LogP contribution is -2.47. The molecule has 0 bridgehead atoms. The van der Waals surface area contributed by atoms with E-state index < -0.39 is 5.92 Å². The highest BCUT2D eigenvalue weighted by Crippen LogP contribution is 2.44. The maximum atomic E-state index is 12.8. The van der Waals surface area contributed by atoms with Crippen molar-refractivity contribution in [1.29, 1.82) is 5.26 Å². The monoisotopic (exact) mass is 350 g/mol. The Balaban J connectivity index is 2.18. The number of carbonyl (C=O) groups excluding carboxylic acids is 2. The van der Waals surface area contributed by atoms with Gasteiger partial charge >= 0.3 is 0 Å². The molecule has 2 aliphatic rings. The van der Waals surface area contributed by atoms with Crippen molar-refractivity contribution in [2.24, 2.45) is 5.73 Å². The molecule has 0 saturated heterocycles. The average Bonchev–Trinajstić information content (AvgIpc) is 2.63. The maximum Gasteiger partial charge on any atom is 0.235 e. The van der Waals surface area contributed by atoms with E-state index in [1.54, 1.807) is 0 Å². The van der Waals surface area contributed by atoms with Gasteiger partial charge in [-0.25, -0.2) is 5.01 Å². The lowest BCUT2D eigenvalue weighted by atomic mass is 9.76. The van der Waals surface area contributed by atoms with E-state index in [1.165, 1.54) is 17.5 Å². The van der Waals surface area contributed by atoms with E-state index in [9.17, 15) is 14.9 Å². The molecular formula is C20H22N4O2. The van der Waals surface area contributed by atoms with Crippen molar-refractivity contribution in [2.45, 2.75) is 45.4 Å². The molecule has 1 aromatic rings. The minimum atomic E-state index is -0.487. The Bertz CT molecular complexity index is 859. The fourth-order valence-corrected chi connectivity index (χ4v) is 3.65. The molecule has 0 aromatic heterocycles. The van der Waals surface area contributed by atoms with Gasteiger partial charge in [0.05, 0.1) is 17.6 Å². The molecule has 1 aliphatic carbocycles. The lowest BCUT2D eigenvalue weighted by Gasteiger charge is -2.39. The van der Waals surface area contributed by atoms with Gasteiger partial charge in [-0.2, -0.15) is 5.26 Å². The van der Waals surface area contributed by atoms with E-state index in [0.717, 1.165) is 12.0 Å². The number of nitriles is 1. The predicted molar refractivity (Wildman–Crippen MR) is 96.9 cm³/mol. The molecule has 6 heteroatoms. The quantitative estimate of drug-likeness (QED) is 0.872. The highest BCUT2D eigenvalue weighted by Gasteiger charge is 2.40. The zero-order valence-corrected chi connectivity index (χ0v) is 15.0. The lowest BCUT2D eigenvalue weighted by molar-refractivity contribution is -0.123. The van der Waals surface area contributed by atoms with Crippen molar-refractivity contribution < 1.29 is 9.59 Å². The average molecular weight is 350 g/mol. The smallest absolute Gasteiger partial charge is 0.235 e. The van der Waals surface area contributed by atoms with Gasteiger partial charge in [0.15, 0.2) is 5.78 Å². The first-order chi connectivity index (χ1) is 12.5. The summed E-state index contributed by atoms with van der Waals surface area (Å²) in [4.78, 5) is 24.4. The molecule has 0 fully saturated rings. The normalized spacial score (nSPS) is 20.0. The Labute approximate surface area is 152 Å². The number of hydrogen-bond acceptors (Lipinski definition) is 5. The molecule has 134 valence electrons. The van der Waals surface area contributed by atoms with E-state index in [0.29, 0.717) is 30.5 Å². The first-order valence-electron chi connectivity index (χ1n) is 8.80. The van der Waals surface area contributed by atoms with Gasteiger partial charge in [0.1, 0.15) is 5.82 Å². The summed E-state index contributed by atoms with van der Waals surface area (Å²) in [6.45, 7) is 3.45. The number of hydrogen-bond donors (Lipinski definition) is 2. The van der Waals surface area contributed by atoms with Gasteiger partial charge in [-0.1, -0.05) is 31.2 Å². The van der Waals surface area contributed by atoms with Gasteiger partial charge in [0.25, 0.3) is 0 Å². The summed E-state index contributed by atoms with van der Waals surface area (Å²) < 4.78 is 0. The summed E-state index contributed by atoms with van der Waals surface area (Å²) in [5, 5.41) is 11.2. The van der Waals surface area contributed by atoms with Gasteiger partial charge in [0.2, 0.25) is 5.91 Å². The fourth-order valence-electron chi connectivity index (χ4n) is 3.65. The van der Waals surface area contributed by atoms with Crippen molar-refractivity contribution in [3.05, 3.63) is 58.1 Å². The summed E-state index contributed by atoms with van der Waals surface area (Å²) >= 11 is 0. The number of nitrogens with zero attached hydrogens (tertiary/aromatic N) is 2. The van der Waals surface area contributed by atoms with Crippen molar-refractivity contribution in [3.63, 3.8) is 0 Å². The van der Waals surface area contributed by atoms with Crippen LogP contribution >= 0.6 is 0 Å². The van der Waals surface area contributed by atoms with Crippen LogP contribution in [0.2, 0.25) is 0 Å². The molecule has 1 atom stereocenters. The highest BCUT2D eigenvalue weighted by molar-refractivity contribution is 5.99. The second-order valence-corrected chi connectivity index (χ2v) is 6.58. The fraction of sp³-hybridized carbons (Fsp3) is 0.350. The third kappa shape index (κ3) is 2.97. The molecule has 0 spiro atoms. The Morgan fingerprint density at radius 3 is 2.62 bits per heavy atom. The van der Waals surface area contributed by atoms with Crippen LogP contribution in [0.5, 0.6) is 0 Å². The number of hydrazine groups is 1. The number of nitrogens with two attached hydrogens (primary N) is 1. The summed E-state index contributed by atoms with van der Waals surface area (Å²) in [7, 11) is 0. The number of amides is 1. The van der Waals surface area contributed by atoms with Gasteiger partial charge in [-0.15, -0.1) is 0 Å². The Kier molecular flexibility index (Phi) is 4.81.